The lowest BCUT2D eigenvalue weighted by Gasteiger charge is -2.33. The van der Waals surface area contributed by atoms with Crippen molar-refractivity contribution in [2.24, 2.45) is 17.8 Å². The largest absolute Gasteiger partial charge is 0.494 e. The first-order valence-electron chi connectivity index (χ1n) is 13.7. The molecular formula is C31H56O6. The predicted octanol–water partition coefficient (Wildman–Crippen LogP) is 7.21. The van der Waals surface area contributed by atoms with Crippen LogP contribution in [0.15, 0.2) is 34.8 Å². The molecule has 0 aliphatic heterocycles. The average molecular weight is 525 g/mol. The van der Waals surface area contributed by atoms with E-state index < -0.39 is 6.10 Å². The normalized spacial score (nSPS) is 20.6. The van der Waals surface area contributed by atoms with Gasteiger partial charge in [0.1, 0.15) is 12.4 Å². The molecule has 1 rings (SSSR count). The van der Waals surface area contributed by atoms with Gasteiger partial charge in [0.2, 0.25) is 11.5 Å². The van der Waals surface area contributed by atoms with E-state index in [1.165, 1.54) is 25.4 Å². The van der Waals surface area contributed by atoms with Crippen LogP contribution in [-0.4, -0.2) is 50.2 Å². The third-order valence-electron chi connectivity index (χ3n) is 6.55. The summed E-state index contributed by atoms with van der Waals surface area (Å²) >= 11 is 0. The highest BCUT2D eigenvalue weighted by atomic mass is 16.5. The van der Waals surface area contributed by atoms with Gasteiger partial charge in [-0.2, -0.15) is 0 Å². The molecule has 1 aliphatic rings. The zero-order valence-electron chi connectivity index (χ0n) is 25.8. The summed E-state index contributed by atoms with van der Waals surface area (Å²) in [6, 6.07) is 0. The quantitative estimate of drug-likeness (QED) is 0.202. The molecule has 1 aliphatic carbocycles. The monoisotopic (exact) mass is 524 g/mol. The van der Waals surface area contributed by atoms with Gasteiger partial charge in [0.15, 0.2) is 5.76 Å². The van der Waals surface area contributed by atoms with E-state index >= 15 is 0 Å². The van der Waals surface area contributed by atoms with E-state index in [1.54, 1.807) is 7.11 Å². The third kappa shape index (κ3) is 14.6. The van der Waals surface area contributed by atoms with Crippen molar-refractivity contribution in [2.75, 3.05) is 21.3 Å². The molecule has 0 heterocycles. The Morgan fingerprint density at radius 2 is 1.57 bits per heavy atom. The minimum Gasteiger partial charge on any atom is -0.494 e. The van der Waals surface area contributed by atoms with Crippen molar-refractivity contribution in [1.29, 1.82) is 0 Å². The van der Waals surface area contributed by atoms with Crippen LogP contribution in [0.25, 0.3) is 0 Å². The molecule has 0 spiro atoms. The molecule has 1 N–H and O–H groups in total. The van der Waals surface area contributed by atoms with Crippen LogP contribution < -0.4 is 0 Å². The maximum absolute atomic E-state index is 12.5. The van der Waals surface area contributed by atoms with Crippen LogP contribution in [0.3, 0.4) is 0 Å². The molecule has 216 valence electrons. The Kier molecular flexibility index (Phi) is 20.2. The van der Waals surface area contributed by atoms with Gasteiger partial charge in [0, 0.05) is 24.9 Å². The highest BCUT2D eigenvalue weighted by molar-refractivity contribution is 5.97. The molecule has 0 radical (unpaired) electrons. The standard InChI is InChI=1S/C25H42O5.C4H8O.C2H6/c1-17(13-10-16-25(4,5)30-8)11-9-12-18(2)14-15-20-19(3)21(26)23(28-6)24(29-7)22(20)27;1-4(2)3-5;1-2/h11,14,19-20,22,27H,9-10,12-13,15-16H2,1-8H3;3-4H,1-2H3;1-2H3/b17-11+,18-14+;;. The van der Waals surface area contributed by atoms with Gasteiger partial charge in [0.05, 0.1) is 19.8 Å². The number of hydrogen-bond donors (Lipinski definition) is 1. The van der Waals surface area contributed by atoms with E-state index in [-0.39, 0.29) is 40.7 Å². The molecule has 37 heavy (non-hydrogen) atoms. The Balaban J connectivity index is 0. The molecule has 0 fully saturated rings. The number of aliphatic hydroxyl groups is 1. The number of carbonyl (C=O) groups is 2. The van der Waals surface area contributed by atoms with E-state index in [9.17, 15) is 14.7 Å². The molecule has 3 unspecified atom stereocenters. The van der Waals surface area contributed by atoms with E-state index in [4.69, 9.17) is 14.2 Å². The first-order valence-corrected chi connectivity index (χ1v) is 13.7. The Morgan fingerprint density at radius 3 is 2.03 bits per heavy atom. The van der Waals surface area contributed by atoms with E-state index in [2.05, 4.69) is 39.8 Å². The van der Waals surface area contributed by atoms with Crippen LogP contribution in [0.2, 0.25) is 0 Å². The van der Waals surface area contributed by atoms with Crippen molar-refractivity contribution in [3.05, 3.63) is 34.8 Å². The molecular weight excluding hydrogens is 468 g/mol. The highest BCUT2D eigenvalue weighted by Gasteiger charge is 2.42. The lowest BCUT2D eigenvalue weighted by Crippen LogP contribution is -2.40. The first kappa shape index (κ1) is 37.2. The fraction of sp³-hybridized carbons (Fsp3) is 0.742. The van der Waals surface area contributed by atoms with Gasteiger partial charge in [-0.1, -0.05) is 57.9 Å². The SMILES string of the molecule is CC.CC(C)C=O.COC1=C(OC)C(O)C(C/C=C(\C)CC/C=C(\C)CCCC(C)(C)OC)C(C)C1=O. The third-order valence-corrected chi connectivity index (χ3v) is 6.55. The molecule has 0 aromatic carbocycles. The molecule has 3 atom stereocenters. The van der Waals surface area contributed by atoms with Gasteiger partial charge in [-0.05, 0) is 66.2 Å². The fourth-order valence-electron chi connectivity index (χ4n) is 3.86. The second-order valence-corrected chi connectivity index (χ2v) is 10.4. The lowest BCUT2D eigenvalue weighted by molar-refractivity contribution is -0.128. The van der Waals surface area contributed by atoms with Crippen molar-refractivity contribution < 1.29 is 28.9 Å². The Labute approximate surface area is 227 Å². The van der Waals surface area contributed by atoms with Crippen molar-refractivity contribution >= 4 is 12.1 Å². The summed E-state index contributed by atoms with van der Waals surface area (Å²) in [5, 5.41) is 10.7. The van der Waals surface area contributed by atoms with Gasteiger partial charge in [-0.25, -0.2) is 0 Å². The Hall–Kier alpha value is -1.92. The molecule has 0 saturated carbocycles. The smallest absolute Gasteiger partial charge is 0.204 e. The number of ketones is 1. The first-order chi connectivity index (χ1) is 17.3. The van der Waals surface area contributed by atoms with Crippen LogP contribution in [0.5, 0.6) is 0 Å². The average Bonchev–Trinajstić information content (AvgIpc) is 2.87. The summed E-state index contributed by atoms with van der Waals surface area (Å²) in [5.74, 6) is -0.0316. The minimum atomic E-state index is -0.833. The maximum atomic E-state index is 12.5. The molecule has 0 saturated heterocycles. The number of allylic oxidation sites excluding steroid dienone is 5. The van der Waals surface area contributed by atoms with Gasteiger partial charge in [-0.15, -0.1) is 0 Å². The van der Waals surface area contributed by atoms with Crippen LogP contribution in [-0.2, 0) is 23.8 Å². The van der Waals surface area contributed by atoms with Crippen LogP contribution in [0.1, 0.15) is 101 Å². The van der Waals surface area contributed by atoms with Gasteiger partial charge in [0.25, 0.3) is 0 Å². The van der Waals surface area contributed by atoms with Crippen LogP contribution in [0, 0.1) is 17.8 Å². The molecule has 6 nitrogen and oxygen atoms in total. The maximum Gasteiger partial charge on any atom is 0.204 e. The molecule has 0 amide bonds. The minimum absolute atomic E-state index is 0.0519. The second-order valence-electron chi connectivity index (χ2n) is 10.4. The number of aldehydes is 1. The number of hydrogen-bond acceptors (Lipinski definition) is 6. The van der Waals surface area contributed by atoms with Crippen molar-refractivity contribution in [3.63, 3.8) is 0 Å². The van der Waals surface area contributed by atoms with Gasteiger partial charge in [-0.3, -0.25) is 4.79 Å². The topological polar surface area (TPSA) is 82.1 Å². The van der Waals surface area contributed by atoms with E-state index in [1.807, 2.05) is 34.6 Å². The van der Waals surface area contributed by atoms with Crippen LogP contribution >= 0.6 is 0 Å². The highest BCUT2D eigenvalue weighted by Crippen LogP contribution is 2.35. The molecule has 0 aromatic rings. The number of methoxy groups -OCH3 is 3. The van der Waals surface area contributed by atoms with Crippen LogP contribution in [0.4, 0.5) is 0 Å². The Morgan fingerprint density at radius 1 is 1.03 bits per heavy atom. The summed E-state index contributed by atoms with van der Waals surface area (Å²) in [6.45, 7) is 18.1. The molecule has 6 heteroatoms. The summed E-state index contributed by atoms with van der Waals surface area (Å²) < 4.78 is 15.9. The van der Waals surface area contributed by atoms with Gasteiger partial charge < -0.3 is 24.1 Å². The lowest BCUT2D eigenvalue weighted by atomic mass is 9.77. The van der Waals surface area contributed by atoms with Gasteiger partial charge >= 0.3 is 0 Å². The summed E-state index contributed by atoms with van der Waals surface area (Å²) in [6.07, 6.45) is 10.4. The molecule has 0 aromatic heterocycles. The van der Waals surface area contributed by atoms with Crippen molar-refractivity contribution in [1.82, 2.24) is 0 Å². The summed E-state index contributed by atoms with van der Waals surface area (Å²) in [5.41, 5.74) is 2.63. The predicted molar refractivity (Wildman–Crippen MR) is 153 cm³/mol. The zero-order valence-corrected chi connectivity index (χ0v) is 25.8. The van der Waals surface area contributed by atoms with Crippen molar-refractivity contribution in [2.45, 2.75) is 113 Å². The number of Topliss-reactive ketones (excluding diaryl/α,β-unsaturated/α-hetero) is 1. The summed E-state index contributed by atoms with van der Waals surface area (Å²) in [7, 11) is 4.66. The van der Waals surface area contributed by atoms with E-state index in [0.717, 1.165) is 38.4 Å². The number of ether oxygens (including phenoxy) is 3. The fourth-order valence-corrected chi connectivity index (χ4v) is 3.86. The van der Waals surface area contributed by atoms with Crippen molar-refractivity contribution in [3.8, 4) is 0 Å². The summed E-state index contributed by atoms with van der Waals surface area (Å²) in [4.78, 5) is 22.0. The number of rotatable bonds is 13. The number of aliphatic hydroxyl groups excluding tert-OH is 1. The number of carbonyl (C=O) groups excluding carboxylic acids is 2. The van der Waals surface area contributed by atoms with E-state index in [0.29, 0.717) is 6.42 Å². The Bertz CT molecular complexity index is 745. The molecule has 0 bridgehead atoms. The zero-order chi connectivity index (χ0) is 29.2. The second kappa shape index (κ2) is 20.1.